The molecule has 0 spiro atoms. The number of para-hydroxylation sites is 1. The van der Waals surface area contributed by atoms with Crippen molar-refractivity contribution >= 4 is 39.1 Å². The van der Waals surface area contributed by atoms with E-state index in [2.05, 4.69) is 10.3 Å². The summed E-state index contributed by atoms with van der Waals surface area (Å²) in [5, 5.41) is 2.91. The van der Waals surface area contributed by atoms with Crippen molar-refractivity contribution in [3.63, 3.8) is 0 Å². The molecule has 0 atom stereocenters. The van der Waals surface area contributed by atoms with Crippen LogP contribution in [0.1, 0.15) is 26.5 Å². The predicted molar refractivity (Wildman–Crippen MR) is 149 cm³/mol. The minimum Gasteiger partial charge on any atom is -0.457 e. The molecule has 0 fully saturated rings. The normalized spacial score (nSPS) is 11.1. The summed E-state index contributed by atoms with van der Waals surface area (Å²) in [6.45, 7) is 3.13. The van der Waals surface area contributed by atoms with Gasteiger partial charge in [-0.05, 0) is 37.1 Å². The lowest BCUT2D eigenvalue weighted by molar-refractivity contribution is -0.116. The number of anilines is 1. The van der Waals surface area contributed by atoms with E-state index in [0.717, 1.165) is 21.5 Å². The number of amides is 1. The topological polar surface area (TPSA) is 117 Å². The SMILES string of the molecule is Cc1c(C(=O)OCc2ccccc2)sc2ncn(CC(=O)Nc3c(C)n(C)n(-c4ccccc4)c3=O)c(=O)c12. The average molecular weight is 544 g/mol. The number of carbonyl (C=O) groups is 2. The minimum atomic E-state index is -0.556. The van der Waals surface area contributed by atoms with Crippen LogP contribution in [-0.4, -0.2) is 30.8 Å². The van der Waals surface area contributed by atoms with Gasteiger partial charge in [0.1, 0.15) is 28.5 Å². The van der Waals surface area contributed by atoms with Gasteiger partial charge in [-0.1, -0.05) is 48.5 Å². The molecule has 0 saturated carbocycles. The molecule has 0 aliphatic rings. The Morgan fingerprint density at radius 2 is 1.64 bits per heavy atom. The van der Waals surface area contributed by atoms with E-state index in [1.807, 2.05) is 48.5 Å². The minimum absolute atomic E-state index is 0.107. The Bertz CT molecular complexity index is 1820. The lowest BCUT2D eigenvalue weighted by Gasteiger charge is -2.07. The molecule has 3 aromatic heterocycles. The maximum absolute atomic E-state index is 13.3. The molecule has 0 bridgehead atoms. The third kappa shape index (κ3) is 4.91. The van der Waals surface area contributed by atoms with Crippen molar-refractivity contribution < 1.29 is 14.3 Å². The molecule has 11 heteroatoms. The van der Waals surface area contributed by atoms with E-state index >= 15 is 0 Å². The second-order valence-electron chi connectivity index (χ2n) is 8.96. The van der Waals surface area contributed by atoms with Crippen LogP contribution in [0.15, 0.2) is 76.6 Å². The Hall–Kier alpha value is -4.77. The van der Waals surface area contributed by atoms with Gasteiger partial charge in [-0.25, -0.2) is 14.5 Å². The summed E-state index contributed by atoms with van der Waals surface area (Å²) in [7, 11) is 1.73. The zero-order valence-corrected chi connectivity index (χ0v) is 22.3. The number of benzene rings is 2. The van der Waals surface area contributed by atoms with E-state index < -0.39 is 17.4 Å². The fourth-order valence-corrected chi connectivity index (χ4v) is 5.33. The summed E-state index contributed by atoms with van der Waals surface area (Å²) in [5.74, 6) is -1.10. The van der Waals surface area contributed by atoms with Gasteiger partial charge in [-0.2, -0.15) is 0 Å². The zero-order chi connectivity index (χ0) is 27.7. The van der Waals surface area contributed by atoms with Gasteiger partial charge in [0.25, 0.3) is 11.1 Å². The van der Waals surface area contributed by atoms with Crippen LogP contribution in [0.5, 0.6) is 0 Å². The number of thiophene rings is 1. The summed E-state index contributed by atoms with van der Waals surface area (Å²) in [6.07, 6.45) is 1.26. The molecule has 0 saturated heterocycles. The average Bonchev–Trinajstić information content (AvgIpc) is 3.39. The van der Waals surface area contributed by atoms with Crippen molar-refractivity contribution in [2.45, 2.75) is 27.0 Å². The van der Waals surface area contributed by atoms with Gasteiger partial charge in [0, 0.05) is 7.05 Å². The number of hydrogen-bond acceptors (Lipinski definition) is 7. The summed E-state index contributed by atoms with van der Waals surface area (Å²) < 4.78 is 9.70. The number of esters is 1. The highest BCUT2D eigenvalue weighted by atomic mass is 32.1. The van der Waals surface area contributed by atoms with Crippen LogP contribution >= 0.6 is 11.3 Å². The van der Waals surface area contributed by atoms with E-state index in [1.165, 1.54) is 11.0 Å². The lowest BCUT2D eigenvalue weighted by Crippen LogP contribution is -2.29. The first-order chi connectivity index (χ1) is 18.8. The van der Waals surface area contributed by atoms with Crippen molar-refractivity contribution in [3.05, 3.63) is 109 Å². The number of hydrogen-bond donors (Lipinski definition) is 1. The number of nitrogens with zero attached hydrogens (tertiary/aromatic N) is 4. The predicted octanol–water partition coefficient (Wildman–Crippen LogP) is 3.56. The fourth-order valence-electron chi connectivity index (χ4n) is 4.30. The molecule has 198 valence electrons. The largest absolute Gasteiger partial charge is 0.457 e. The fraction of sp³-hybridized carbons (Fsp3) is 0.179. The Morgan fingerprint density at radius 1 is 0.974 bits per heavy atom. The summed E-state index contributed by atoms with van der Waals surface area (Å²) in [4.78, 5) is 57.0. The highest BCUT2D eigenvalue weighted by Crippen LogP contribution is 2.27. The van der Waals surface area contributed by atoms with Gasteiger partial charge in [0.05, 0.1) is 23.1 Å². The van der Waals surface area contributed by atoms with Crippen LogP contribution in [-0.2, 0) is 29.7 Å². The molecule has 0 radical (unpaired) electrons. The Balaban J connectivity index is 1.37. The van der Waals surface area contributed by atoms with Crippen molar-refractivity contribution in [3.8, 4) is 5.69 Å². The standard InChI is InChI=1S/C28H25N5O5S/c1-17-22-25(39-24(17)28(37)38-15-19-10-6-4-7-11-19)29-16-32(26(22)35)14-21(34)30-23-18(2)31(3)33(27(23)36)20-12-8-5-9-13-20/h4-13,16H,14-15H2,1-3H3,(H,30,34). The van der Waals surface area contributed by atoms with Crippen LogP contribution in [0.2, 0.25) is 0 Å². The first-order valence-electron chi connectivity index (χ1n) is 12.1. The smallest absolute Gasteiger partial charge is 0.349 e. The summed E-state index contributed by atoms with van der Waals surface area (Å²) >= 11 is 1.07. The van der Waals surface area contributed by atoms with Gasteiger partial charge >= 0.3 is 5.97 Å². The monoisotopic (exact) mass is 543 g/mol. The molecule has 3 heterocycles. The summed E-state index contributed by atoms with van der Waals surface area (Å²) in [6, 6.07) is 18.4. The van der Waals surface area contributed by atoms with Gasteiger partial charge in [-0.3, -0.25) is 23.6 Å². The van der Waals surface area contributed by atoms with E-state index in [0.29, 0.717) is 21.8 Å². The van der Waals surface area contributed by atoms with Crippen LogP contribution in [0.3, 0.4) is 0 Å². The van der Waals surface area contributed by atoms with E-state index in [4.69, 9.17) is 4.74 Å². The molecule has 2 aromatic carbocycles. The van der Waals surface area contributed by atoms with Crippen LogP contribution in [0.25, 0.3) is 15.9 Å². The summed E-state index contributed by atoms with van der Waals surface area (Å²) in [5.41, 5.74) is 1.80. The van der Waals surface area contributed by atoms with E-state index in [-0.39, 0.29) is 34.7 Å². The maximum Gasteiger partial charge on any atom is 0.349 e. The Morgan fingerprint density at radius 3 is 2.33 bits per heavy atom. The maximum atomic E-state index is 13.3. The molecule has 1 N–H and O–H groups in total. The lowest BCUT2D eigenvalue weighted by atomic mass is 10.2. The molecule has 39 heavy (non-hydrogen) atoms. The number of aromatic nitrogens is 4. The first kappa shape index (κ1) is 25.9. The van der Waals surface area contributed by atoms with Gasteiger partial charge in [-0.15, -0.1) is 11.3 Å². The second kappa shape index (κ2) is 10.5. The third-order valence-electron chi connectivity index (χ3n) is 6.45. The van der Waals surface area contributed by atoms with Crippen molar-refractivity contribution in [2.24, 2.45) is 7.05 Å². The Labute approximate surface area is 226 Å². The van der Waals surface area contributed by atoms with Crippen molar-refractivity contribution in [1.29, 1.82) is 0 Å². The van der Waals surface area contributed by atoms with Crippen molar-refractivity contribution in [2.75, 3.05) is 5.32 Å². The molecule has 10 nitrogen and oxygen atoms in total. The van der Waals surface area contributed by atoms with E-state index in [9.17, 15) is 19.2 Å². The highest BCUT2D eigenvalue weighted by molar-refractivity contribution is 7.20. The van der Waals surface area contributed by atoms with Gasteiger partial charge < -0.3 is 10.1 Å². The second-order valence-corrected chi connectivity index (χ2v) is 9.96. The number of carbonyl (C=O) groups excluding carboxylic acids is 2. The molecule has 0 unspecified atom stereocenters. The molecular formula is C28H25N5O5S. The number of fused-ring (bicyclic) bond motifs is 1. The molecule has 0 aliphatic heterocycles. The molecular weight excluding hydrogens is 518 g/mol. The zero-order valence-electron chi connectivity index (χ0n) is 21.5. The van der Waals surface area contributed by atoms with Crippen LogP contribution in [0, 0.1) is 13.8 Å². The van der Waals surface area contributed by atoms with Gasteiger partial charge in [0.15, 0.2) is 0 Å². The van der Waals surface area contributed by atoms with Crippen LogP contribution < -0.4 is 16.4 Å². The Kier molecular flexibility index (Phi) is 6.99. The number of rotatable bonds is 7. The molecule has 5 rings (SSSR count). The molecule has 0 aliphatic carbocycles. The number of aryl methyl sites for hydroxylation is 1. The van der Waals surface area contributed by atoms with E-state index in [1.54, 1.807) is 37.7 Å². The van der Waals surface area contributed by atoms with Crippen molar-refractivity contribution in [1.82, 2.24) is 18.9 Å². The number of ether oxygens (including phenoxy) is 1. The molecule has 5 aromatic rings. The first-order valence-corrected chi connectivity index (χ1v) is 12.9. The van der Waals surface area contributed by atoms with Gasteiger partial charge in [0.2, 0.25) is 5.91 Å². The third-order valence-corrected chi connectivity index (χ3v) is 7.63. The van der Waals surface area contributed by atoms with Crippen LogP contribution in [0.4, 0.5) is 5.69 Å². The molecule has 1 amide bonds. The quantitative estimate of drug-likeness (QED) is 0.314. The number of nitrogens with one attached hydrogen (secondary N) is 1. The highest BCUT2D eigenvalue weighted by Gasteiger charge is 2.22.